The molecule has 0 saturated heterocycles. The summed E-state index contributed by atoms with van der Waals surface area (Å²) in [6.45, 7) is 0. The Labute approximate surface area is 106 Å². The second kappa shape index (κ2) is 4.79. The third kappa shape index (κ3) is 2.79. The van der Waals surface area contributed by atoms with Crippen LogP contribution < -0.4 is 0 Å². The first-order chi connectivity index (χ1) is 8.06. The number of imidazole rings is 1. The summed E-state index contributed by atoms with van der Waals surface area (Å²) in [5.41, 5.74) is 1.02. The van der Waals surface area contributed by atoms with E-state index in [1.54, 1.807) is 30.2 Å². The molecule has 3 nitrogen and oxygen atoms in total. The Balaban J connectivity index is 2.21. The Kier molecular flexibility index (Phi) is 3.38. The Hall–Kier alpha value is -1.49. The zero-order valence-electron chi connectivity index (χ0n) is 9.15. The molecule has 0 fully saturated rings. The molecule has 2 rings (SSSR count). The van der Waals surface area contributed by atoms with E-state index in [9.17, 15) is 9.18 Å². The van der Waals surface area contributed by atoms with Gasteiger partial charge in [0.05, 0.1) is 6.33 Å². The molecular weight excluding hydrogens is 287 g/mol. The smallest absolute Gasteiger partial charge is 0.187 e. The van der Waals surface area contributed by atoms with Gasteiger partial charge in [0.15, 0.2) is 5.78 Å². The van der Waals surface area contributed by atoms with Crippen LogP contribution in [0.3, 0.4) is 0 Å². The Morgan fingerprint density at radius 2 is 2.29 bits per heavy atom. The summed E-state index contributed by atoms with van der Waals surface area (Å²) in [5.74, 6) is -0.478. The van der Waals surface area contributed by atoms with Crippen LogP contribution >= 0.6 is 15.9 Å². The van der Waals surface area contributed by atoms with Gasteiger partial charge in [-0.1, -0.05) is 15.9 Å². The highest BCUT2D eigenvalue weighted by atomic mass is 79.9. The van der Waals surface area contributed by atoms with Gasteiger partial charge in [-0.05, 0) is 23.8 Å². The van der Waals surface area contributed by atoms with Gasteiger partial charge in [-0.2, -0.15) is 0 Å². The summed E-state index contributed by atoms with van der Waals surface area (Å²) in [4.78, 5) is 15.8. The Morgan fingerprint density at radius 3 is 2.94 bits per heavy atom. The molecule has 5 heteroatoms. The van der Waals surface area contributed by atoms with E-state index in [0.717, 1.165) is 4.47 Å². The number of hydrogen-bond acceptors (Lipinski definition) is 2. The number of aromatic nitrogens is 2. The first kappa shape index (κ1) is 12.0. The number of nitrogens with zero attached hydrogens (tertiary/aromatic N) is 2. The van der Waals surface area contributed by atoms with Gasteiger partial charge in [0.2, 0.25) is 0 Å². The van der Waals surface area contributed by atoms with E-state index in [1.165, 1.54) is 12.1 Å². The maximum atomic E-state index is 13.1. The molecule has 1 aromatic carbocycles. The number of rotatable bonds is 3. The number of ketones is 1. The average molecular weight is 297 g/mol. The number of aryl methyl sites for hydroxylation is 1. The van der Waals surface area contributed by atoms with Crippen molar-refractivity contribution < 1.29 is 9.18 Å². The van der Waals surface area contributed by atoms with Crippen molar-refractivity contribution in [3.63, 3.8) is 0 Å². The first-order valence-corrected chi connectivity index (χ1v) is 5.80. The highest BCUT2D eigenvalue weighted by Gasteiger charge is 2.12. The van der Waals surface area contributed by atoms with E-state index in [-0.39, 0.29) is 18.0 Å². The lowest BCUT2D eigenvalue weighted by Gasteiger charge is -2.02. The van der Waals surface area contributed by atoms with Crippen LogP contribution in [-0.4, -0.2) is 15.3 Å². The second-order valence-corrected chi connectivity index (χ2v) is 4.61. The van der Waals surface area contributed by atoms with E-state index >= 15 is 0 Å². The monoisotopic (exact) mass is 296 g/mol. The Bertz CT molecular complexity index is 565. The molecule has 0 aliphatic heterocycles. The van der Waals surface area contributed by atoms with Crippen LogP contribution in [-0.2, 0) is 13.5 Å². The lowest BCUT2D eigenvalue weighted by molar-refractivity contribution is 0.0988. The van der Waals surface area contributed by atoms with Gasteiger partial charge >= 0.3 is 0 Å². The van der Waals surface area contributed by atoms with Crippen LogP contribution in [0.2, 0.25) is 0 Å². The summed E-state index contributed by atoms with van der Waals surface area (Å²) >= 11 is 3.29. The first-order valence-electron chi connectivity index (χ1n) is 5.01. The van der Waals surface area contributed by atoms with Gasteiger partial charge < -0.3 is 4.57 Å². The third-order valence-electron chi connectivity index (χ3n) is 2.35. The lowest BCUT2D eigenvalue weighted by atomic mass is 10.1. The molecule has 0 atom stereocenters. The van der Waals surface area contributed by atoms with Crippen molar-refractivity contribution in [1.29, 1.82) is 0 Å². The van der Waals surface area contributed by atoms with Crippen molar-refractivity contribution in [2.45, 2.75) is 6.42 Å². The zero-order valence-corrected chi connectivity index (χ0v) is 10.7. The quantitative estimate of drug-likeness (QED) is 0.817. The molecule has 0 aliphatic rings. The molecule has 0 radical (unpaired) electrons. The fourth-order valence-corrected chi connectivity index (χ4v) is 1.89. The minimum Gasteiger partial charge on any atom is -0.340 e. The molecule has 1 aromatic heterocycles. The van der Waals surface area contributed by atoms with Crippen LogP contribution in [0, 0.1) is 5.82 Å². The van der Waals surface area contributed by atoms with E-state index in [4.69, 9.17) is 0 Å². The van der Waals surface area contributed by atoms with Crippen molar-refractivity contribution in [3.8, 4) is 0 Å². The summed E-state index contributed by atoms with van der Waals surface area (Å²) in [7, 11) is 1.79. The van der Waals surface area contributed by atoms with E-state index < -0.39 is 0 Å². The second-order valence-electron chi connectivity index (χ2n) is 3.76. The largest absolute Gasteiger partial charge is 0.340 e. The van der Waals surface area contributed by atoms with Crippen LogP contribution in [0.4, 0.5) is 4.39 Å². The number of halogens is 2. The molecule has 1 heterocycles. The predicted molar refractivity (Wildman–Crippen MR) is 65.3 cm³/mol. The van der Waals surface area contributed by atoms with Crippen molar-refractivity contribution >= 4 is 21.7 Å². The molecule has 0 saturated carbocycles. The van der Waals surface area contributed by atoms with Crippen molar-refractivity contribution in [2.24, 2.45) is 7.05 Å². The number of carbonyl (C=O) groups excluding carboxylic acids is 1. The van der Waals surface area contributed by atoms with E-state index in [1.807, 2.05) is 0 Å². The van der Waals surface area contributed by atoms with Crippen molar-refractivity contribution in [2.75, 3.05) is 0 Å². The molecule has 0 amide bonds. The maximum absolute atomic E-state index is 13.1. The van der Waals surface area contributed by atoms with Crippen LogP contribution in [0.5, 0.6) is 0 Å². The number of Topliss-reactive ketones (excluding diaryl/α,β-unsaturated/α-hetero) is 1. The fraction of sp³-hybridized carbons (Fsp3) is 0.167. The standard InChI is InChI=1S/C12H10BrFN2O/c1-16-6-11(15-7-16)12(17)5-8-4-9(14)2-3-10(8)13/h2-4,6-7H,5H2,1H3. The third-order valence-corrected chi connectivity index (χ3v) is 3.12. The summed E-state index contributed by atoms with van der Waals surface area (Å²) in [5, 5.41) is 0. The van der Waals surface area contributed by atoms with Crippen molar-refractivity contribution in [3.05, 3.63) is 52.3 Å². The molecule has 2 aromatic rings. The molecular formula is C12H10BrFN2O. The maximum Gasteiger partial charge on any atom is 0.187 e. The van der Waals surface area contributed by atoms with E-state index in [0.29, 0.717) is 11.3 Å². The molecule has 17 heavy (non-hydrogen) atoms. The SMILES string of the molecule is Cn1cnc(C(=O)Cc2cc(F)ccc2Br)c1. The highest BCUT2D eigenvalue weighted by molar-refractivity contribution is 9.10. The Morgan fingerprint density at radius 1 is 1.53 bits per heavy atom. The summed E-state index contributed by atoms with van der Waals surface area (Å²) in [6, 6.07) is 4.29. The molecule has 0 N–H and O–H groups in total. The van der Waals surface area contributed by atoms with Gasteiger partial charge in [-0.15, -0.1) is 0 Å². The zero-order chi connectivity index (χ0) is 12.4. The van der Waals surface area contributed by atoms with Crippen molar-refractivity contribution in [1.82, 2.24) is 9.55 Å². The van der Waals surface area contributed by atoms with Gasteiger partial charge in [0.1, 0.15) is 11.5 Å². The topological polar surface area (TPSA) is 34.9 Å². The van der Waals surface area contributed by atoms with Gasteiger partial charge in [0.25, 0.3) is 0 Å². The van der Waals surface area contributed by atoms with E-state index in [2.05, 4.69) is 20.9 Å². The van der Waals surface area contributed by atoms with Gasteiger partial charge in [0, 0.05) is 24.1 Å². The van der Waals surface area contributed by atoms with Crippen LogP contribution in [0.1, 0.15) is 16.1 Å². The predicted octanol–water partition coefficient (Wildman–Crippen LogP) is 2.75. The number of carbonyl (C=O) groups is 1. The van der Waals surface area contributed by atoms with Gasteiger partial charge in [-0.25, -0.2) is 9.37 Å². The number of benzene rings is 1. The minimum absolute atomic E-state index is 0.128. The lowest BCUT2D eigenvalue weighted by Crippen LogP contribution is -2.05. The molecule has 0 unspecified atom stereocenters. The number of hydrogen-bond donors (Lipinski definition) is 0. The minimum atomic E-state index is -0.350. The molecule has 0 spiro atoms. The fourth-order valence-electron chi connectivity index (χ4n) is 1.50. The summed E-state index contributed by atoms with van der Waals surface area (Å²) < 4.78 is 15.5. The van der Waals surface area contributed by atoms with Crippen LogP contribution in [0.25, 0.3) is 0 Å². The molecule has 0 aliphatic carbocycles. The molecule has 88 valence electrons. The summed E-state index contributed by atoms with van der Waals surface area (Å²) in [6.07, 6.45) is 3.35. The average Bonchev–Trinajstić information content (AvgIpc) is 2.70. The normalized spacial score (nSPS) is 10.5. The molecule has 0 bridgehead atoms. The highest BCUT2D eigenvalue weighted by Crippen LogP contribution is 2.19. The van der Waals surface area contributed by atoms with Gasteiger partial charge in [-0.3, -0.25) is 4.79 Å². The van der Waals surface area contributed by atoms with Crippen LogP contribution in [0.15, 0.2) is 35.2 Å².